The van der Waals surface area contributed by atoms with Gasteiger partial charge in [0.15, 0.2) is 0 Å². The molecule has 1 N–H and O–H groups in total. The Hall–Kier alpha value is 0.380. The lowest BCUT2D eigenvalue weighted by Crippen LogP contribution is -2.03. The van der Waals surface area contributed by atoms with Gasteiger partial charge in [0.2, 0.25) is 0 Å². The van der Waals surface area contributed by atoms with E-state index in [1.165, 1.54) is 0 Å². The first-order valence-electron chi connectivity index (χ1n) is 4.93. The summed E-state index contributed by atoms with van der Waals surface area (Å²) in [4.78, 5) is 1.15. The molecule has 0 aliphatic carbocycles. The SMILES string of the molecule is OC(Cc1sccc1Br)c1cc(Cl)ccc1I. The lowest BCUT2D eigenvalue weighted by Gasteiger charge is -2.12. The Bertz CT molecular complexity index is 529. The minimum atomic E-state index is -0.518. The van der Waals surface area contributed by atoms with Crippen molar-refractivity contribution < 1.29 is 5.11 Å². The zero-order valence-corrected chi connectivity index (χ0v) is 14.0. The van der Waals surface area contributed by atoms with Gasteiger partial charge in [-0.25, -0.2) is 0 Å². The van der Waals surface area contributed by atoms with E-state index in [4.69, 9.17) is 11.6 Å². The lowest BCUT2D eigenvalue weighted by atomic mass is 10.1. The predicted octanol–water partition coefficient (Wildman–Crippen LogP) is 5.04. The molecule has 0 aliphatic heterocycles. The van der Waals surface area contributed by atoms with E-state index in [1.807, 2.05) is 29.6 Å². The predicted molar refractivity (Wildman–Crippen MR) is 84.9 cm³/mol. The van der Waals surface area contributed by atoms with Crippen LogP contribution < -0.4 is 0 Å². The maximum atomic E-state index is 10.2. The van der Waals surface area contributed by atoms with Crippen molar-refractivity contribution in [3.05, 3.63) is 53.2 Å². The van der Waals surface area contributed by atoms with E-state index in [0.717, 1.165) is 18.5 Å². The fourth-order valence-corrected chi connectivity index (χ4v) is 3.95. The topological polar surface area (TPSA) is 20.2 Å². The highest BCUT2D eigenvalue weighted by Crippen LogP contribution is 2.31. The molecule has 5 heteroatoms. The van der Waals surface area contributed by atoms with Crippen LogP contribution in [0.2, 0.25) is 5.02 Å². The average Bonchev–Trinajstić information content (AvgIpc) is 2.68. The van der Waals surface area contributed by atoms with Crippen LogP contribution in [0.5, 0.6) is 0 Å². The Kier molecular flexibility index (Phi) is 4.88. The second-order valence-corrected chi connectivity index (χ2v) is 7.03. The molecule has 1 aromatic carbocycles. The number of thiophene rings is 1. The highest BCUT2D eigenvalue weighted by Gasteiger charge is 2.14. The number of rotatable bonds is 3. The largest absolute Gasteiger partial charge is 0.388 e. The van der Waals surface area contributed by atoms with Crippen LogP contribution in [0.4, 0.5) is 0 Å². The molecule has 0 radical (unpaired) electrons. The van der Waals surface area contributed by atoms with Crippen LogP contribution >= 0.6 is 61.5 Å². The summed E-state index contributed by atoms with van der Waals surface area (Å²) >= 11 is 13.3. The molecule has 1 nitrogen and oxygen atoms in total. The average molecular weight is 444 g/mol. The quantitative estimate of drug-likeness (QED) is 0.659. The molecule has 1 aromatic heterocycles. The monoisotopic (exact) mass is 442 g/mol. The normalized spacial score (nSPS) is 12.7. The highest BCUT2D eigenvalue weighted by molar-refractivity contribution is 14.1. The third-order valence-corrected chi connectivity index (χ3v) is 5.55. The number of hydrogen-bond acceptors (Lipinski definition) is 2. The molecule has 0 spiro atoms. The van der Waals surface area contributed by atoms with Crippen LogP contribution in [0.1, 0.15) is 16.5 Å². The van der Waals surface area contributed by atoms with Crippen molar-refractivity contribution >= 4 is 61.5 Å². The van der Waals surface area contributed by atoms with Crippen LogP contribution in [0.25, 0.3) is 0 Å². The van der Waals surface area contributed by atoms with Crippen LogP contribution in [0.15, 0.2) is 34.1 Å². The second-order valence-electron chi connectivity index (χ2n) is 3.58. The van der Waals surface area contributed by atoms with Gasteiger partial charge in [-0.3, -0.25) is 0 Å². The van der Waals surface area contributed by atoms with Gasteiger partial charge in [-0.15, -0.1) is 11.3 Å². The maximum absolute atomic E-state index is 10.2. The molecule has 1 unspecified atom stereocenters. The number of benzene rings is 1. The van der Waals surface area contributed by atoms with Gasteiger partial charge < -0.3 is 5.11 Å². The van der Waals surface area contributed by atoms with E-state index >= 15 is 0 Å². The van der Waals surface area contributed by atoms with E-state index in [9.17, 15) is 5.11 Å². The summed E-state index contributed by atoms with van der Waals surface area (Å²) in [6.45, 7) is 0. The van der Waals surface area contributed by atoms with E-state index in [0.29, 0.717) is 11.4 Å². The molecule has 2 rings (SSSR count). The molecular weight excluding hydrogens is 434 g/mol. The summed E-state index contributed by atoms with van der Waals surface area (Å²) in [7, 11) is 0. The lowest BCUT2D eigenvalue weighted by molar-refractivity contribution is 0.178. The number of halogens is 3. The minimum Gasteiger partial charge on any atom is -0.388 e. The number of hydrogen-bond donors (Lipinski definition) is 1. The third kappa shape index (κ3) is 3.44. The van der Waals surface area contributed by atoms with Crippen molar-refractivity contribution in [2.24, 2.45) is 0 Å². The molecule has 0 aliphatic rings. The van der Waals surface area contributed by atoms with Gasteiger partial charge in [0.1, 0.15) is 0 Å². The van der Waals surface area contributed by atoms with Crippen LogP contribution in [0, 0.1) is 3.57 Å². The summed E-state index contributed by atoms with van der Waals surface area (Å²) in [5.41, 5.74) is 0.887. The summed E-state index contributed by atoms with van der Waals surface area (Å²) in [6, 6.07) is 7.58. The van der Waals surface area contributed by atoms with Gasteiger partial charge in [-0.2, -0.15) is 0 Å². The van der Waals surface area contributed by atoms with E-state index in [2.05, 4.69) is 38.5 Å². The Morgan fingerprint density at radius 1 is 1.41 bits per heavy atom. The fraction of sp³-hybridized carbons (Fsp3) is 0.167. The van der Waals surface area contributed by atoms with Crippen molar-refractivity contribution in [2.75, 3.05) is 0 Å². The molecule has 0 saturated carbocycles. The van der Waals surface area contributed by atoms with Gasteiger partial charge in [-0.1, -0.05) is 11.6 Å². The first kappa shape index (κ1) is 13.8. The molecule has 0 amide bonds. The first-order chi connectivity index (χ1) is 8.08. The molecule has 17 heavy (non-hydrogen) atoms. The van der Waals surface area contributed by atoms with Crippen molar-refractivity contribution in [2.45, 2.75) is 12.5 Å². The maximum Gasteiger partial charge on any atom is 0.0849 e. The standard InChI is InChI=1S/C12H9BrClIOS/c13-9-3-4-17-12(9)6-11(16)8-5-7(14)1-2-10(8)15/h1-5,11,16H,6H2. The van der Waals surface area contributed by atoms with Gasteiger partial charge in [-0.05, 0) is 73.7 Å². The van der Waals surface area contributed by atoms with Crippen LogP contribution in [-0.2, 0) is 6.42 Å². The van der Waals surface area contributed by atoms with Gasteiger partial charge in [0.25, 0.3) is 0 Å². The molecule has 0 bridgehead atoms. The zero-order chi connectivity index (χ0) is 12.4. The van der Waals surface area contributed by atoms with Crippen molar-refractivity contribution in [3.63, 3.8) is 0 Å². The van der Waals surface area contributed by atoms with E-state index < -0.39 is 6.10 Å². The molecular formula is C12H9BrClIOS. The summed E-state index contributed by atoms with van der Waals surface area (Å²) in [5, 5.41) is 12.9. The third-order valence-electron chi connectivity index (χ3n) is 2.39. The smallest absolute Gasteiger partial charge is 0.0849 e. The van der Waals surface area contributed by atoms with Gasteiger partial charge >= 0.3 is 0 Å². The Morgan fingerprint density at radius 3 is 2.82 bits per heavy atom. The Morgan fingerprint density at radius 2 is 2.18 bits per heavy atom. The van der Waals surface area contributed by atoms with Crippen LogP contribution in [-0.4, -0.2) is 5.11 Å². The number of aliphatic hydroxyl groups is 1. The van der Waals surface area contributed by atoms with Crippen LogP contribution in [0.3, 0.4) is 0 Å². The molecule has 1 atom stereocenters. The highest BCUT2D eigenvalue weighted by atomic mass is 127. The van der Waals surface area contributed by atoms with E-state index in [-0.39, 0.29) is 0 Å². The molecule has 0 fully saturated rings. The van der Waals surface area contributed by atoms with Gasteiger partial charge in [0, 0.05) is 24.4 Å². The number of aliphatic hydroxyl groups excluding tert-OH is 1. The van der Waals surface area contributed by atoms with Crippen molar-refractivity contribution in [1.82, 2.24) is 0 Å². The van der Waals surface area contributed by atoms with E-state index in [1.54, 1.807) is 11.3 Å². The fourth-order valence-electron chi connectivity index (χ4n) is 1.53. The first-order valence-corrected chi connectivity index (χ1v) is 8.05. The minimum absolute atomic E-state index is 0.518. The van der Waals surface area contributed by atoms with Gasteiger partial charge in [0.05, 0.1) is 6.10 Å². The summed E-state index contributed by atoms with van der Waals surface area (Å²) in [6.07, 6.45) is 0.0877. The molecule has 2 aromatic rings. The van der Waals surface area contributed by atoms with Crippen molar-refractivity contribution in [1.29, 1.82) is 0 Å². The zero-order valence-electron chi connectivity index (χ0n) is 8.66. The molecule has 90 valence electrons. The van der Waals surface area contributed by atoms with Crippen molar-refractivity contribution in [3.8, 4) is 0 Å². The summed E-state index contributed by atoms with van der Waals surface area (Å²) < 4.78 is 2.09. The summed E-state index contributed by atoms with van der Waals surface area (Å²) in [5.74, 6) is 0. The second kappa shape index (κ2) is 6.02. The Balaban J connectivity index is 2.23. The molecule has 0 saturated heterocycles. The molecule has 1 heterocycles. The Labute approximate surface area is 131 Å².